The van der Waals surface area contributed by atoms with Crippen molar-refractivity contribution < 1.29 is 4.74 Å². The molecular formula is C14H24ClNO. The monoisotopic (exact) mass is 257 g/mol. The molecule has 98 valence electrons. The van der Waals surface area contributed by atoms with Gasteiger partial charge in [-0.15, -0.1) is 12.4 Å². The van der Waals surface area contributed by atoms with Crippen LogP contribution in [0.3, 0.4) is 0 Å². The van der Waals surface area contributed by atoms with E-state index in [0.29, 0.717) is 5.92 Å². The second-order valence-corrected chi connectivity index (χ2v) is 4.60. The first-order chi connectivity index (χ1) is 7.51. The van der Waals surface area contributed by atoms with Crippen molar-refractivity contribution in [3.63, 3.8) is 0 Å². The van der Waals surface area contributed by atoms with Crippen molar-refractivity contribution >= 4 is 12.4 Å². The van der Waals surface area contributed by atoms with Gasteiger partial charge in [0.1, 0.15) is 5.75 Å². The second kappa shape index (κ2) is 6.87. The van der Waals surface area contributed by atoms with Gasteiger partial charge < -0.3 is 10.5 Å². The van der Waals surface area contributed by atoms with E-state index in [0.717, 1.165) is 23.3 Å². The normalized spacial score (nSPS) is 13.8. The molecule has 0 heterocycles. The summed E-state index contributed by atoms with van der Waals surface area (Å²) < 4.78 is 5.36. The van der Waals surface area contributed by atoms with Gasteiger partial charge >= 0.3 is 0 Å². The highest BCUT2D eigenvalue weighted by Crippen LogP contribution is 2.29. The van der Waals surface area contributed by atoms with Crippen LogP contribution >= 0.6 is 12.4 Å². The number of aryl methyl sites for hydroxylation is 2. The Hall–Kier alpha value is -0.730. The minimum absolute atomic E-state index is 0. The van der Waals surface area contributed by atoms with E-state index >= 15 is 0 Å². The van der Waals surface area contributed by atoms with Crippen molar-refractivity contribution in [2.45, 2.75) is 40.2 Å². The second-order valence-electron chi connectivity index (χ2n) is 4.60. The average molecular weight is 258 g/mol. The summed E-state index contributed by atoms with van der Waals surface area (Å²) in [6.45, 7) is 8.50. The predicted octanol–water partition coefficient (Wildman–Crippen LogP) is 3.78. The molecule has 0 aliphatic heterocycles. The fourth-order valence-electron chi connectivity index (χ4n) is 2.08. The molecule has 0 saturated carbocycles. The lowest BCUT2D eigenvalue weighted by Crippen LogP contribution is -2.18. The lowest BCUT2D eigenvalue weighted by molar-refractivity contribution is 0.407. The van der Waals surface area contributed by atoms with Crippen LogP contribution in [0.15, 0.2) is 12.1 Å². The predicted molar refractivity (Wildman–Crippen MR) is 76.1 cm³/mol. The maximum Gasteiger partial charge on any atom is 0.124 e. The molecule has 2 nitrogen and oxygen atoms in total. The van der Waals surface area contributed by atoms with E-state index in [1.54, 1.807) is 7.11 Å². The summed E-state index contributed by atoms with van der Waals surface area (Å²) in [5.74, 6) is 1.48. The number of halogens is 1. The Morgan fingerprint density at radius 1 is 1.24 bits per heavy atom. The summed E-state index contributed by atoms with van der Waals surface area (Å²) in [6.07, 6.45) is 1.10. The van der Waals surface area contributed by atoms with Gasteiger partial charge in [-0.1, -0.05) is 32.4 Å². The van der Waals surface area contributed by atoms with Crippen LogP contribution in [0.4, 0.5) is 0 Å². The third-order valence-electron chi connectivity index (χ3n) is 3.33. The summed E-state index contributed by atoms with van der Waals surface area (Å²) in [4.78, 5) is 0. The van der Waals surface area contributed by atoms with Gasteiger partial charge in [0, 0.05) is 6.04 Å². The first-order valence-corrected chi connectivity index (χ1v) is 5.92. The molecule has 17 heavy (non-hydrogen) atoms. The number of hydrogen-bond acceptors (Lipinski definition) is 2. The topological polar surface area (TPSA) is 35.2 Å². The van der Waals surface area contributed by atoms with Gasteiger partial charge in [-0.05, 0) is 36.5 Å². The Labute approximate surface area is 111 Å². The van der Waals surface area contributed by atoms with Crippen LogP contribution in [0, 0.1) is 19.8 Å². The van der Waals surface area contributed by atoms with Crippen LogP contribution in [0.25, 0.3) is 0 Å². The molecule has 0 amide bonds. The van der Waals surface area contributed by atoms with E-state index < -0.39 is 0 Å². The van der Waals surface area contributed by atoms with E-state index in [1.807, 2.05) is 0 Å². The Bertz CT molecular complexity index is 342. The number of benzene rings is 1. The van der Waals surface area contributed by atoms with Crippen molar-refractivity contribution in [3.05, 3.63) is 28.8 Å². The molecule has 1 unspecified atom stereocenters. The molecule has 3 heteroatoms. The standard InChI is InChI=1S/C14H23NO.ClH/c1-6-9(2)13(15)12-7-10(3)14(16-5)11(4)8-12;/h7-9,13H,6,15H2,1-5H3;1H/t9?,13-;/m0./s1. The van der Waals surface area contributed by atoms with Crippen LogP contribution in [0.1, 0.15) is 43.0 Å². The molecule has 1 rings (SSSR count). The number of nitrogens with two attached hydrogens (primary N) is 1. The molecular weight excluding hydrogens is 234 g/mol. The van der Waals surface area contributed by atoms with Crippen molar-refractivity contribution in [2.24, 2.45) is 11.7 Å². The maximum absolute atomic E-state index is 6.24. The number of methoxy groups -OCH3 is 1. The third kappa shape index (κ3) is 3.62. The molecule has 0 fully saturated rings. The smallest absolute Gasteiger partial charge is 0.124 e. The lowest BCUT2D eigenvalue weighted by atomic mass is 9.91. The molecule has 0 saturated heterocycles. The van der Waals surface area contributed by atoms with Gasteiger partial charge in [-0.25, -0.2) is 0 Å². The highest BCUT2D eigenvalue weighted by atomic mass is 35.5. The zero-order valence-corrected chi connectivity index (χ0v) is 12.2. The van der Waals surface area contributed by atoms with Crippen molar-refractivity contribution in [2.75, 3.05) is 7.11 Å². The van der Waals surface area contributed by atoms with Crippen LogP contribution in [-0.4, -0.2) is 7.11 Å². The number of hydrogen-bond donors (Lipinski definition) is 1. The Kier molecular flexibility index (Phi) is 6.58. The van der Waals surface area contributed by atoms with E-state index in [1.165, 1.54) is 5.56 Å². The molecule has 2 N–H and O–H groups in total. The molecule has 2 atom stereocenters. The van der Waals surface area contributed by atoms with Crippen molar-refractivity contribution in [1.82, 2.24) is 0 Å². The van der Waals surface area contributed by atoms with E-state index in [2.05, 4.69) is 39.8 Å². The number of rotatable bonds is 4. The minimum atomic E-state index is 0. The molecule has 1 aromatic carbocycles. The molecule has 0 aliphatic carbocycles. The van der Waals surface area contributed by atoms with Crippen LogP contribution in [-0.2, 0) is 0 Å². The summed E-state index contributed by atoms with van der Waals surface area (Å²) >= 11 is 0. The van der Waals surface area contributed by atoms with Gasteiger partial charge in [0.15, 0.2) is 0 Å². The largest absolute Gasteiger partial charge is 0.496 e. The number of ether oxygens (including phenoxy) is 1. The molecule has 1 aromatic rings. The summed E-state index contributed by atoms with van der Waals surface area (Å²) in [5, 5.41) is 0. The van der Waals surface area contributed by atoms with Crippen molar-refractivity contribution in [1.29, 1.82) is 0 Å². The minimum Gasteiger partial charge on any atom is -0.496 e. The molecule has 0 radical (unpaired) electrons. The summed E-state index contributed by atoms with van der Waals surface area (Å²) in [5.41, 5.74) is 9.78. The first kappa shape index (κ1) is 16.3. The Morgan fingerprint density at radius 3 is 2.06 bits per heavy atom. The van der Waals surface area contributed by atoms with Crippen LogP contribution in [0.5, 0.6) is 5.75 Å². The van der Waals surface area contributed by atoms with Gasteiger partial charge in [-0.2, -0.15) is 0 Å². The zero-order valence-electron chi connectivity index (χ0n) is 11.4. The quantitative estimate of drug-likeness (QED) is 0.891. The average Bonchev–Trinajstić information content (AvgIpc) is 2.26. The van der Waals surface area contributed by atoms with Crippen LogP contribution in [0.2, 0.25) is 0 Å². The SMILES string of the molecule is CCC(C)[C@H](N)c1cc(C)c(OC)c(C)c1.Cl. The van der Waals surface area contributed by atoms with E-state index in [9.17, 15) is 0 Å². The Balaban J connectivity index is 0.00000256. The zero-order chi connectivity index (χ0) is 12.3. The molecule has 0 spiro atoms. The molecule has 0 bridgehead atoms. The highest BCUT2D eigenvalue weighted by molar-refractivity contribution is 5.85. The maximum atomic E-state index is 6.24. The van der Waals surface area contributed by atoms with Crippen molar-refractivity contribution in [3.8, 4) is 5.75 Å². The Morgan fingerprint density at radius 2 is 1.71 bits per heavy atom. The van der Waals surface area contributed by atoms with Gasteiger partial charge in [-0.3, -0.25) is 0 Å². The molecule has 0 aliphatic rings. The first-order valence-electron chi connectivity index (χ1n) is 5.92. The van der Waals surface area contributed by atoms with E-state index in [4.69, 9.17) is 10.5 Å². The third-order valence-corrected chi connectivity index (χ3v) is 3.33. The fraction of sp³-hybridized carbons (Fsp3) is 0.571. The fourth-order valence-corrected chi connectivity index (χ4v) is 2.08. The van der Waals surface area contributed by atoms with Gasteiger partial charge in [0.2, 0.25) is 0 Å². The summed E-state index contributed by atoms with van der Waals surface area (Å²) in [6, 6.07) is 4.40. The van der Waals surface area contributed by atoms with E-state index in [-0.39, 0.29) is 18.4 Å². The highest BCUT2D eigenvalue weighted by Gasteiger charge is 2.15. The summed E-state index contributed by atoms with van der Waals surface area (Å²) in [7, 11) is 1.71. The van der Waals surface area contributed by atoms with Gasteiger partial charge in [0.05, 0.1) is 7.11 Å². The molecule has 0 aromatic heterocycles. The van der Waals surface area contributed by atoms with Gasteiger partial charge in [0.25, 0.3) is 0 Å². The lowest BCUT2D eigenvalue weighted by Gasteiger charge is -2.21. The van der Waals surface area contributed by atoms with Crippen LogP contribution < -0.4 is 10.5 Å².